The molecule has 2 aromatic rings. The Bertz CT molecular complexity index is 1080. The summed E-state index contributed by atoms with van der Waals surface area (Å²) in [6.07, 6.45) is 3.04. The van der Waals surface area contributed by atoms with E-state index in [1.165, 1.54) is 18.6 Å². The smallest absolute Gasteiger partial charge is 0.406 e. The largest absolute Gasteiger partial charge is 0.573 e. The number of carbonyl (C=O) groups is 2. The first-order valence-corrected chi connectivity index (χ1v) is 11.2. The Labute approximate surface area is 189 Å². The Morgan fingerprint density at radius 2 is 1.70 bits per heavy atom. The molecule has 3 amide bonds. The van der Waals surface area contributed by atoms with Gasteiger partial charge in [0.05, 0.1) is 11.4 Å². The highest BCUT2D eigenvalue weighted by Gasteiger charge is 2.70. The van der Waals surface area contributed by atoms with Gasteiger partial charge in [-0.3, -0.25) is 14.7 Å². The van der Waals surface area contributed by atoms with Crippen molar-refractivity contribution >= 4 is 23.3 Å². The first kappa shape index (κ1) is 21.7. The summed E-state index contributed by atoms with van der Waals surface area (Å²) < 4.78 is 41.3. The molecule has 33 heavy (non-hydrogen) atoms. The van der Waals surface area contributed by atoms with Crippen molar-refractivity contribution < 1.29 is 27.5 Å². The van der Waals surface area contributed by atoms with Crippen LogP contribution >= 0.6 is 0 Å². The van der Waals surface area contributed by atoms with Gasteiger partial charge in [-0.15, -0.1) is 13.2 Å². The Morgan fingerprint density at radius 3 is 2.30 bits per heavy atom. The van der Waals surface area contributed by atoms with Crippen LogP contribution in [0.3, 0.4) is 0 Å². The van der Waals surface area contributed by atoms with Crippen molar-refractivity contribution in [1.82, 2.24) is 4.98 Å². The maximum atomic E-state index is 13.5. The summed E-state index contributed by atoms with van der Waals surface area (Å²) in [6, 6.07) is 7.94. The van der Waals surface area contributed by atoms with Gasteiger partial charge in [-0.05, 0) is 61.6 Å². The Kier molecular flexibility index (Phi) is 5.10. The van der Waals surface area contributed by atoms with Crippen molar-refractivity contribution in [3.63, 3.8) is 0 Å². The molecule has 2 heterocycles. The zero-order valence-corrected chi connectivity index (χ0v) is 18.1. The van der Waals surface area contributed by atoms with Crippen LogP contribution in [0, 0.1) is 5.92 Å². The lowest BCUT2D eigenvalue weighted by atomic mass is 9.86. The molecule has 0 bridgehead atoms. The van der Waals surface area contributed by atoms with Crippen molar-refractivity contribution in [2.24, 2.45) is 5.92 Å². The molecule has 9 heteroatoms. The number of alkyl halides is 3. The van der Waals surface area contributed by atoms with Gasteiger partial charge in [0.25, 0.3) is 5.91 Å². The van der Waals surface area contributed by atoms with E-state index >= 15 is 0 Å². The van der Waals surface area contributed by atoms with E-state index in [-0.39, 0.29) is 17.5 Å². The van der Waals surface area contributed by atoms with Crippen LogP contribution in [-0.4, -0.2) is 28.8 Å². The predicted octanol–water partition coefficient (Wildman–Crippen LogP) is 5.78. The molecule has 2 unspecified atom stereocenters. The van der Waals surface area contributed by atoms with Gasteiger partial charge in [0, 0.05) is 17.8 Å². The number of halogens is 3. The third-order valence-electron chi connectivity index (χ3n) is 7.00. The minimum absolute atomic E-state index is 0.0296. The number of urea groups is 1. The fourth-order valence-corrected chi connectivity index (χ4v) is 5.23. The number of nitrogens with zero attached hydrogens (tertiary/aromatic N) is 3. The second kappa shape index (κ2) is 7.74. The highest BCUT2D eigenvalue weighted by Crippen LogP contribution is 2.55. The summed E-state index contributed by atoms with van der Waals surface area (Å²) in [6.45, 7) is 1.92. The molecule has 2 saturated carbocycles. The van der Waals surface area contributed by atoms with Crippen molar-refractivity contribution in [1.29, 1.82) is 0 Å². The lowest BCUT2D eigenvalue weighted by Gasteiger charge is -2.25. The van der Waals surface area contributed by atoms with E-state index in [4.69, 9.17) is 0 Å². The fraction of sp³-hybridized carbons (Fsp3) is 0.458. The number of aromatic nitrogens is 1. The monoisotopic (exact) mass is 459 g/mol. The molecule has 1 aliphatic heterocycles. The highest BCUT2D eigenvalue weighted by atomic mass is 19.4. The van der Waals surface area contributed by atoms with Gasteiger partial charge >= 0.3 is 12.4 Å². The number of amides is 3. The van der Waals surface area contributed by atoms with Crippen LogP contribution in [0.2, 0.25) is 0 Å². The van der Waals surface area contributed by atoms with Crippen LogP contribution in [0.15, 0.2) is 42.6 Å². The highest BCUT2D eigenvalue weighted by molar-refractivity contribution is 6.31. The van der Waals surface area contributed by atoms with Crippen molar-refractivity contribution in [3.05, 3.63) is 48.3 Å². The summed E-state index contributed by atoms with van der Waals surface area (Å²) in [7, 11) is 0. The van der Waals surface area contributed by atoms with Crippen LogP contribution in [0.5, 0.6) is 5.75 Å². The molecule has 6 nitrogen and oxygen atoms in total. The van der Waals surface area contributed by atoms with E-state index in [1.807, 2.05) is 13.0 Å². The third kappa shape index (κ3) is 3.73. The Hall–Kier alpha value is -3.10. The fourth-order valence-electron chi connectivity index (χ4n) is 5.23. The second-order valence-corrected chi connectivity index (χ2v) is 9.10. The van der Waals surface area contributed by atoms with Gasteiger partial charge in [-0.2, -0.15) is 0 Å². The van der Waals surface area contributed by atoms with Gasteiger partial charge in [-0.1, -0.05) is 26.2 Å². The lowest BCUT2D eigenvalue weighted by molar-refractivity contribution is -0.274. The van der Waals surface area contributed by atoms with Gasteiger partial charge in [0.2, 0.25) is 0 Å². The quantitative estimate of drug-likeness (QED) is 0.544. The summed E-state index contributed by atoms with van der Waals surface area (Å²) in [4.78, 5) is 34.1. The van der Waals surface area contributed by atoms with Crippen LogP contribution in [-0.2, 0) is 4.79 Å². The van der Waals surface area contributed by atoms with Crippen molar-refractivity contribution in [2.75, 3.05) is 9.80 Å². The summed E-state index contributed by atoms with van der Waals surface area (Å²) in [5.74, 6) is -0.460. The normalized spacial score (nSPS) is 25.8. The molecular formula is C24H24F3N3O3. The predicted molar refractivity (Wildman–Crippen MR) is 115 cm³/mol. The SMILES string of the molecule is CC1CC12C(=O)N(c1ccc(OC(F)(F)F)cc1)C(=O)N2c1ccnc(C2CCCCC2)c1. The zero-order valence-electron chi connectivity index (χ0n) is 18.1. The lowest BCUT2D eigenvalue weighted by Crippen LogP contribution is -2.39. The van der Waals surface area contributed by atoms with Crippen LogP contribution in [0.1, 0.15) is 57.1 Å². The van der Waals surface area contributed by atoms with Crippen LogP contribution in [0.4, 0.5) is 29.3 Å². The molecular weight excluding hydrogens is 435 g/mol. The number of carbonyl (C=O) groups excluding carboxylic acids is 2. The summed E-state index contributed by atoms with van der Waals surface area (Å²) >= 11 is 0. The van der Waals surface area contributed by atoms with Crippen LogP contribution in [0.25, 0.3) is 0 Å². The van der Waals surface area contributed by atoms with Gasteiger partial charge in [0.15, 0.2) is 0 Å². The minimum Gasteiger partial charge on any atom is -0.406 e. The van der Waals surface area contributed by atoms with Gasteiger partial charge in [0.1, 0.15) is 11.3 Å². The number of rotatable bonds is 4. The maximum absolute atomic E-state index is 13.5. The van der Waals surface area contributed by atoms with Crippen molar-refractivity contribution in [2.45, 2.75) is 63.3 Å². The topological polar surface area (TPSA) is 62.7 Å². The molecule has 5 rings (SSSR count). The number of pyridine rings is 1. The minimum atomic E-state index is -4.82. The molecule has 3 fully saturated rings. The van der Waals surface area contributed by atoms with Crippen molar-refractivity contribution in [3.8, 4) is 5.75 Å². The first-order chi connectivity index (χ1) is 15.7. The average molecular weight is 459 g/mol. The standard InChI is InChI=1S/C24H24F3N3O3/c1-15-14-23(15)21(31)29(17-7-9-19(10-8-17)33-24(25,26)27)22(32)30(23)18-11-12-28-20(13-18)16-5-3-2-4-6-16/h7-13,15-16H,2-6,14H2,1H3. The molecule has 2 aliphatic carbocycles. The van der Waals surface area contributed by atoms with Crippen LogP contribution < -0.4 is 14.5 Å². The molecule has 3 aliphatic rings. The van der Waals surface area contributed by atoms with E-state index in [9.17, 15) is 22.8 Å². The molecule has 174 valence electrons. The molecule has 1 aromatic carbocycles. The Balaban J connectivity index is 1.46. The maximum Gasteiger partial charge on any atom is 0.573 e. The number of anilines is 2. The zero-order chi connectivity index (χ0) is 23.4. The first-order valence-electron chi connectivity index (χ1n) is 11.2. The summed E-state index contributed by atoms with van der Waals surface area (Å²) in [5, 5.41) is 0. The number of ether oxygens (including phenoxy) is 1. The average Bonchev–Trinajstić information content (AvgIpc) is 3.40. The van der Waals surface area contributed by atoms with E-state index in [0.717, 1.165) is 48.4 Å². The van der Waals surface area contributed by atoms with E-state index < -0.39 is 23.7 Å². The number of hydrogen-bond acceptors (Lipinski definition) is 4. The number of imide groups is 1. The second-order valence-electron chi connectivity index (χ2n) is 9.10. The van der Waals surface area contributed by atoms with Gasteiger partial charge in [-0.25, -0.2) is 9.69 Å². The summed E-state index contributed by atoms with van der Waals surface area (Å²) in [5.41, 5.74) is 0.807. The van der Waals surface area contributed by atoms with Gasteiger partial charge < -0.3 is 4.74 Å². The third-order valence-corrected chi connectivity index (χ3v) is 7.00. The number of benzene rings is 1. The Morgan fingerprint density at radius 1 is 1.03 bits per heavy atom. The number of hydrogen-bond donors (Lipinski definition) is 0. The molecule has 1 saturated heterocycles. The molecule has 0 radical (unpaired) electrons. The van der Waals surface area contributed by atoms with E-state index in [2.05, 4.69) is 9.72 Å². The molecule has 2 atom stereocenters. The van der Waals surface area contributed by atoms with E-state index in [1.54, 1.807) is 17.2 Å². The molecule has 1 spiro atoms. The van der Waals surface area contributed by atoms with E-state index in [0.29, 0.717) is 18.0 Å². The molecule has 0 N–H and O–H groups in total. The molecule has 1 aromatic heterocycles.